The number of piperidine rings is 1. The van der Waals surface area contributed by atoms with Crippen LogP contribution in [0.25, 0.3) is 0 Å². The van der Waals surface area contributed by atoms with Crippen LogP contribution in [0.4, 0.5) is 0 Å². The van der Waals surface area contributed by atoms with Crippen molar-refractivity contribution < 1.29 is 17.7 Å². The topological polar surface area (TPSA) is 87.0 Å². The van der Waals surface area contributed by atoms with Crippen molar-refractivity contribution in [3.63, 3.8) is 0 Å². The first kappa shape index (κ1) is 20.8. The Morgan fingerprint density at radius 1 is 1.14 bits per heavy atom. The molecule has 3 aliphatic rings. The molecule has 1 unspecified atom stereocenters. The van der Waals surface area contributed by atoms with E-state index >= 15 is 0 Å². The standard InChI is InChI=1S/C20H32N4O4S/c1-15-19(16(2)28-21-15)29(26,27)23-11-8-18(14-23)24(20(25)17-6-7-17)13-12-22-9-4-3-5-10-22/h17-18H,3-14H2,1-2H3. The van der Waals surface area contributed by atoms with Crippen LogP contribution in [-0.2, 0) is 14.8 Å². The quantitative estimate of drug-likeness (QED) is 0.663. The van der Waals surface area contributed by atoms with Crippen molar-refractivity contribution in [1.29, 1.82) is 0 Å². The molecule has 0 radical (unpaired) electrons. The van der Waals surface area contributed by atoms with Gasteiger partial charge in [-0.15, -0.1) is 0 Å². The van der Waals surface area contributed by atoms with Crippen LogP contribution in [0.15, 0.2) is 9.42 Å². The Labute approximate surface area is 173 Å². The summed E-state index contributed by atoms with van der Waals surface area (Å²) in [7, 11) is -3.66. The summed E-state index contributed by atoms with van der Waals surface area (Å²) in [6.45, 7) is 7.83. The van der Waals surface area contributed by atoms with E-state index in [1.54, 1.807) is 13.8 Å². The lowest BCUT2D eigenvalue weighted by Crippen LogP contribution is -2.47. The zero-order valence-electron chi connectivity index (χ0n) is 17.5. The van der Waals surface area contributed by atoms with E-state index in [0.29, 0.717) is 37.5 Å². The fourth-order valence-corrected chi connectivity index (χ4v) is 6.41. The van der Waals surface area contributed by atoms with E-state index in [2.05, 4.69) is 10.1 Å². The van der Waals surface area contributed by atoms with Gasteiger partial charge in [-0.1, -0.05) is 11.6 Å². The summed E-state index contributed by atoms with van der Waals surface area (Å²) in [6.07, 6.45) is 6.35. The Morgan fingerprint density at radius 3 is 2.48 bits per heavy atom. The van der Waals surface area contributed by atoms with Gasteiger partial charge >= 0.3 is 0 Å². The lowest BCUT2D eigenvalue weighted by Gasteiger charge is -2.33. The van der Waals surface area contributed by atoms with Gasteiger partial charge in [0, 0.05) is 38.1 Å². The number of hydrogen-bond acceptors (Lipinski definition) is 6. The SMILES string of the molecule is Cc1noc(C)c1S(=O)(=O)N1CCC(N(CCN2CCCCC2)C(=O)C2CC2)C1. The molecule has 162 valence electrons. The van der Waals surface area contributed by atoms with E-state index in [4.69, 9.17) is 4.52 Å². The average Bonchev–Trinajstić information content (AvgIpc) is 3.33. The molecule has 1 aliphatic carbocycles. The zero-order valence-corrected chi connectivity index (χ0v) is 18.3. The summed E-state index contributed by atoms with van der Waals surface area (Å²) in [6, 6.07) is -0.0526. The van der Waals surface area contributed by atoms with Crippen molar-refractivity contribution >= 4 is 15.9 Å². The minimum Gasteiger partial charge on any atom is -0.360 e. The van der Waals surface area contributed by atoms with Crippen LogP contribution in [0.2, 0.25) is 0 Å². The van der Waals surface area contributed by atoms with Crippen LogP contribution in [0.3, 0.4) is 0 Å². The molecular formula is C20H32N4O4S. The second kappa shape index (κ2) is 8.35. The fraction of sp³-hybridized carbons (Fsp3) is 0.800. The van der Waals surface area contributed by atoms with E-state index < -0.39 is 10.0 Å². The van der Waals surface area contributed by atoms with Gasteiger partial charge in [-0.05, 0) is 59.0 Å². The molecular weight excluding hydrogens is 392 g/mol. The monoisotopic (exact) mass is 424 g/mol. The van der Waals surface area contributed by atoms with E-state index in [1.807, 2.05) is 4.90 Å². The summed E-state index contributed by atoms with van der Waals surface area (Å²) in [5.41, 5.74) is 0.391. The van der Waals surface area contributed by atoms with E-state index in [1.165, 1.54) is 23.6 Å². The zero-order chi connectivity index (χ0) is 20.6. The lowest BCUT2D eigenvalue weighted by molar-refractivity contribution is -0.135. The number of aryl methyl sites for hydroxylation is 2. The molecule has 0 spiro atoms. The van der Waals surface area contributed by atoms with Crippen molar-refractivity contribution in [3.8, 4) is 0 Å². The van der Waals surface area contributed by atoms with Crippen LogP contribution >= 0.6 is 0 Å². The Hall–Kier alpha value is -1.45. The van der Waals surface area contributed by atoms with Crippen LogP contribution in [0, 0.1) is 19.8 Å². The minimum atomic E-state index is -3.66. The fourth-order valence-electron chi connectivity index (χ4n) is 4.63. The third-order valence-electron chi connectivity index (χ3n) is 6.45. The lowest BCUT2D eigenvalue weighted by atomic mass is 10.1. The number of nitrogens with zero attached hydrogens (tertiary/aromatic N) is 4. The molecule has 0 bridgehead atoms. The Kier molecular flexibility index (Phi) is 5.99. The predicted molar refractivity (Wildman–Crippen MR) is 108 cm³/mol. The van der Waals surface area contributed by atoms with Gasteiger partial charge in [0.15, 0.2) is 5.76 Å². The Bertz CT molecular complexity index is 823. The van der Waals surface area contributed by atoms with E-state index in [0.717, 1.165) is 32.5 Å². The average molecular weight is 425 g/mol. The molecule has 3 heterocycles. The summed E-state index contributed by atoms with van der Waals surface area (Å²) in [4.78, 5) is 17.6. The van der Waals surface area contributed by atoms with Gasteiger partial charge in [-0.2, -0.15) is 4.31 Å². The van der Waals surface area contributed by atoms with Crippen LogP contribution in [0.5, 0.6) is 0 Å². The molecule has 1 amide bonds. The van der Waals surface area contributed by atoms with Gasteiger partial charge in [-0.25, -0.2) is 8.42 Å². The van der Waals surface area contributed by atoms with Crippen LogP contribution in [-0.4, -0.2) is 78.9 Å². The third-order valence-corrected chi connectivity index (χ3v) is 8.56. The molecule has 2 aliphatic heterocycles. The molecule has 2 saturated heterocycles. The molecule has 1 saturated carbocycles. The first-order chi connectivity index (χ1) is 13.9. The second-order valence-corrected chi connectivity index (χ2v) is 10.5. The summed E-state index contributed by atoms with van der Waals surface area (Å²) < 4.78 is 32.9. The highest BCUT2D eigenvalue weighted by Crippen LogP contribution is 2.34. The van der Waals surface area contributed by atoms with Crippen molar-refractivity contribution in [2.45, 2.75) is 63.3 Å². The highest BCUT2D eigenvalue weighted by Gasteiger charge is 2.42. The number of carbonyl (C=O) groups excluding carboxylic acids is 1. The van der Waals surface area contributed by atoms with Gasteiger partial charge in [-0.3, -0.25) is 4.79 Å². The predicted octanol–water partition coefficient (Wildman–Crippen LogP) is 1.78. The van der Waals surface area contributed by atoms with Gasteiger partial charge < -0.3 is 14.3 Å². The first-order valence-electron chi connectivity index (χ1n) is 10.8. The van der Waals surface area contributed by atoms with E-state index in [-0.39, 0.29) is 22.8 Å². The van der Waals surface area contributed by atoms with Crippen molar-refractivity contribution in [3.05, 3.63) is 11.5 Å². The molecule has 0 aromatic carbocycles. The third kappa shape index (κ3) is 4.36. The van der Waals surface area contributed by atoms with Crippen molar-refractivity contribution in [1.82, 2.24) is 19.3 Å². The molecule has 9 heteroatoms. The Morgan fingerprint density at radius 2 is 1.86 bits per heavy atom. The summed E-state index contributed by atoms with van der Waals surface area (Å²) in [5, 5.41) is 3.80. The molecule has 1 aromatic heterocycles. The van der Waals surface area contributed by atoms with Crippen molar-refractivity contribution in [2.75, 3.05) is 39.3 Å². The molecule has 4 rings (SSSR count). The van der Waals surface area contributed by atoms with E-state index in [9.17, 15) is 13.2 Å². The maximum atomic E-state index is 13.1. The van der Waals surface area contributed by atoms with Crippen molar-refractivity contribution in [2.24, 2.45) is 5.92 Å². The highest BCUT2D eigenvalue weighted by molar-refractivity contribution is 7.89. The number of hydrogen-bond donors (Lipinski definition) is 0. The van der Waals surface area contributed by atoms with Gasteiger partial charge in [0.2, 0.25) is 15.9 Å². The summed E-state index contributed by atoms with van der Waals surface area (Å²) in [5.74, 6) is 0.676. The van der Waals surface area contributed by atoms with Crippen LogP contribution in [0.1, 0.15) is 50.0 Å². The van der Waals surface area contributed by atoms with Gasteiger partial charge in [0.25, 0.3) is 0 Å². The normalized spacial score (nSPS) is 24.1. The number of sulfonamides is 1. The molecule has 8 nitrogen and oxygen atoms in total. The summed E-state index contributed by atoms with van der Waals surface area (Å²) >= 11 is 0. The minimum absolute atomic E-state index is 0.0526. The highest BCUT2D eigenvalue weighted by atomic mass is 32.2. The number of rotatable bonds is 7. The smallest absolute Gasteiger partial charge is 0.248 e. The maximum Gasteiger partial charge on any atom is 0.248 e. The Balaban J connectivity index is 1.45. The molecule has 3 fully saturated rings. The largest absolute Gasteiger partial charge is 0.360 e. The number of likely N-dealkylation sites (tertiary alicyclic amines) is 1. The number of amides is 1. The number of carbonyl (C=O) groups is 1. The second-order valence-electron chi connectivity index (χ2n) is 8.67. The van der Waals surface area contributed by atoms with Gasteiger partial charge in [0.05, 0.1) is 0 Å². The van der Waals surface area contributed by atoms with Gasteiger partial charge in [0.1, 0.15) is 10.6 Å². The molecule has 1 aromatic rings. The number of aromatic nitrogens is 1. The first-order valence-corrected chi connectivity index (χ1v) is 12.3. The molecule has 29 heavy (non-hydrogen) atoms. The maximum absolute atomic E-state index is 13.1. The van der Waals surface area contributed by atoms with Crippen LogP contribution < -0.4 is 0 Å². The molecule has 0 N–H and O–H groups in total. The molecule has 1 atom stereocenters.